The zero-order chi connectivity index (χ0) is 21.1. The molecule has 0 aliphatic heterocycles. The predicted molar refractivity (Wildman–Crippen MR) is 109 cm³/mol. The van der Waals surface area contributed by atoms with Crippen LogP contribution in [-0.2, 0) is 9.59 Å². The molecule has 164 valence electrons. The van der Waals surface area contributed by atoms with E-state index in [1.807, 2.05) is 0 Å². The smallest absolute Gasteiger partial charge is 0.303 e. The van der Waals surface area contributed by atoms with Crippen molar-refractivity contribution in [3.8, 4) is 0 Å². The minimum absolute atomic E-state index is 0.0348. The molecule has 3 N–H and O–H groups in total. The van der Waals surface area contributed by atoms with Gasteiger partial charge in [0, 0.05) is 18.3 Å². The first-order chi connectivity index (χ1) is 13.6. The highest BCUT2D eigenvalue weighted by Crippen LogP contribution is 2.67. The maximum Gasteiger partial charge on any atom is 0.303 e. The lowest BCUT2D eigenvalue weighted by atomic mass is 9.43. The molecule has 5 unspecified atom stereocenters. The van der Waals surface area contributed by atoms with Crippen LogP contribution in [0.4, 0.5) is 0 Å². The number of carbonyl (C=O) groups is 2. The van der Waals surface area contributed by atoms with Gasteiger partial charge in [-0.2, -0.15) is 0 Å². The number of rotatable bonds is 4. The van der Waals surface area contributed by atoms with Crippen LogP contribution in [-0.4, -0.2) is 39.3 Å². The van der Waals surface area contributed by atoms with Crippen LogP contribution in [0.1, 0.15) is 78.6 Å². The Morgan fingerprint density at radius 1 is 1.14 bits per heavy atom. The van der Waals surface area contributed by atoms with Gasteiger partial charge in [-0.25, -0.2) is 0 Å². The molecular formula is C24H38O5. The SMILES string of the molecule is C[C@H](CCC(=O)O)[C@H]1CCC2C3C(O)CC4C[C@H](O)CC[C@]4(C)C3CC(=O)[C@@]21C. The fourth-order valence-corrected chi connectivity index (χ4v) is 8.41. The molecule has 0 amide bonds. The second-order valence-electron chi connectivity index (χ2n) is 11.2. The molecule has 0 saturated heterocycles. The van der Waals surface area contributed by atoms with E-state index in [-0.39, 0.29) is 47.5 Å². The first kappa shape index (κ1) is 21.3. The van der Waals surface area contributed by atoms with E-state index in [1.165, 1.54) is 0 Å². The summed E-state index contributed by atoms with van der Waals surface area (Å²) < 4.78 is 0. The Labute approximate surface area is 174 Å². The number of carboxylic acids is 1. The molecule has 5 nitrogen and oxygen atoms in total. The molecular weight excluding hydrogens is 368 g/mol. The Morgan fingerprint density at radius 2 is 1.86 bits per heavy atom. The molecule has 4 aliphatic carbocycles. The van der Waals surface area contributed by atoms with Gasteiger partial charge >= 0.3 is 5.97 Å². The van der Waals surface area contributed by atoms with Gasteiger partial charge in [0.1, 0.15) is 5.78 Å². The topological polar surface area (TPSA) is 94.8 Å². The molecule has 0 aromatic heterocycles. The second-order valence-corrected chi connectivity index (χ2v) is 11.2. The summed E-state index contributed by atoms with van der Waals surface area (Å²) in [5.74, 6) is 0.855. The number of carboxylic acid groups (broad SMARTS) is 1. The van der Waals surface area contributed by atoms with Gasteiger partial charge in [0.15, 0.2) is 0 Å². The monoisotopic (exact) mass is 406 g/mol. The summed E-state index contributed by atoms with van der Waals surface area (Å²) in [6, 6.07) is 0. The Morgan fingerprint density at radius 3 is 2.55 bits per heavy atom. The number of aliphatic carboxylic acids is 1. The van der Waals surface area contributed by atoms with Crippen molar-refractivity contribution in [3.63, 3.8) is 0 Å². The van der Waals surface area contributed by atoms with E-state index in [9.17, 15) is 19.8 Å². The van der Waals surface area contributed by atoms with Gasteiger partial charge in [-0.3, -0.25) is 9.59 Å². The number of fused-ring (bicyclic) bond motifs is 5. The summed E-state index contributed by atoms with van der Waals surface area (Å²) in [5, 5.41) is 30.5. The lowest BCUT2D eigenvalue weighted by Gasteiger charge is -2.61. The quantitative estimate of drug-likeness (QED) is 0.662. The lowest BCUT2D eigenvalue weighted by Crippen LogP contribution is -2.61. The third kappa shape index (κ3) is 3.18. The standard InChI is InChI=1S/C24H38O5/c1-13(4-7-21(28)29)16-5-6-17-22-18(12-20(27)24(16,17)3)23(2)9-8-15(25)10-14(23)11-19(22)26/h13-19,22,25-26H,4-12H2,1-3H3,(H,28,29)/t13-,14?,15-,16-,17?,18?,19?,22?,23+,24-/m1/s1. The molecule has 4 fully saturated rings. The molecule has 10 atom stereocenters. The number of aliphatic hydroxyl groups is 2. The molecule has 29 heavy (non-hydrogen) atoms. The molecule has 5 heteroatoms. The minimum atomic E-state index is -0.771. The summed E-state index contributed by atoms with van der Waals surface area (Å²) >= 11 is 0. The van der Waals surface area contributed by atoms with E-state index in [4.69, 9.17) is 5.11 Å². The van der Waals surface area contributed by atoms with Gasteiger partial charge in [-0.1, -0.05) is 20.8 Å². The van der Waals surface area contributed by atoms with E-state index >= 15 is 0 Å². The van der Waals surface area contributed by atoms with Crippen LogP contribution >= 0.6 is 0 Å². The average molecular weight is 407 g/mol. The van der Waals surface area contributed by atoms with Crippen LogP contribution < -0.4 is 0 Å². The summed E-state index contributed by atoms with van der Waals surface area (Å²) in [5.41, 5.74) is -0.398. The Balaban J connectivity index is 1.62. The summed E-state index contributed by atoms with van der Waals surface area (Å²) in [4.78, 5) is 24.7. The van der Waals surface area contributed by atoms with Gasteiger partial charge in [-0.05, 0) is 85.9 Å². The number of carbonyl (C=O) groups excluding carboxylic acids is 1. The third-order valence-corrected chi connectivity index (χ3v) is 10.1. The van der Waals surface area contributed by atoms with Crippen molar-refractivity contribution in [3.05, 3.63) is 0 Å². The molecule has 0 radical (unpaired) electrons. The van der Waals surface area contributed by atoms with E-state index in [2.05, 4.69) is 20.8 Å². The number of Topliss-reactive ketones (excluding diaryl/α,β-unsaturated/α-hetero) is 1. The van der Waals surface area contributed by atoms with Crippen molar-refractivity contribution in [1.82, 2.24) is 0 Å². The number of aliphatic hydroxyl groups excluding tert-OH is 2. The number of ketones is 1. The van der Waals surface area contributed by atoms with Gasteiger partial charge < -0.3 is 15.3 Å². The van der Waals surface area contributed by atoms with Gasteiger partial charge in [0.05, 0.1) is 12.2 Å². The zero-order valence-electron chi connectivity index (χ0n) is 18.1. The van der Waals surface area contributed by atoms with Gasteiger partial charge in [-0.15, -0.1) is 0 Å². The lowest BCUT2D eigenvalue weighted by molar-refractivity contribution is -0.181. The predicted octanol–water partition coefficient (Wildman–Crippen LogP) is 3.66. The first-order valence-corrected chi connectivity index (χ1v) is 11.7. The van der Waals surface area contributed by atoms with Crippen molar-refractivity contribution < 1.29 is 24.9 Å². The Hall–Kier alpha value is -0.940. The normalized spacial score (nSPS) is 50.4. The van der Waals surface area contributed by atoms with Crippen molar-refractivity contribution in [2.45, 2.75) is 90.8 Å². The molecule has 0 aromatic carbocycles. The number of hydrogen-bond acceptors (Lipinski definition) is 4. The van der Waals surface area contributed by atoms with Crippen molar-refractivity contribution in [1.29, 1.82) is 0 Å². The average Bonchev–Trinajstić information content (AvgIpc) is 3.01. The van der Waals surface area contributed by atoms with E-state index in [0.717, 1.165) is 38.5 Å². The van der Waals surface area contributed by atoms with E-state index < -0.39 is 17.5 Å². The molecule has 4 rings (SSSR count). The highest BCUT2D eigenvalue weighted by atomic mass is 16.4. The van der Waals surface area contributed by atoms with Crippen LogP contribution in [0.3, 0.4) is 0 Å². The third-order valence-electron chi connectivity index (χ3n) is 10.1. The highest BCUT2D eigenvalue weighted by Gasteiger charge is 2.65. The highest BCUT2D eigenvalue weighted by molar-refractivity contribution is 5.87. The zero-order valence-corrected chi connectivity index (χ0v) is 18.1. The van der Waals surface area contributed by atoms with Crippen molar-refractivity contribution in [2.24, 2.45) is 46.3 Å². The van der Waals surface area contributed by atoms with Crippen LogP contribution in [0.15, 0.2) is 0 Å². The maximum absolute atomic E-state index is 13.6. The maximum atomic E-state index is 13.6. The van der Waals surface area contributed by atoms with Gasteiger partial charge in [0.2, 0.25) is 0 Å². The summed E-state index contributed by atoms with van der Waals surface area (Å²) in [7, 11) is 0. The number of hydrogen-bond donors (Lipinski definition) is 3. The minimum Gasteiger partial charge on any atom is -0.481 e. The van der Waals surface area contributed by atoms with Crippen LogP contribution in [0.5, 0.6) is 0 Å². The molecule has 0 bridgehead atoms. The first-order valence-electron chi connectivity index (χ1n) is 11.7. The molecule has 0 spiro atoms. The van der Waals surface area contributed by atoms with Crippen molar-refractivity contribution >= 4 is 11.8 Å². The summed E-state index contributed by atoms with van der Waals surface area (Å²) in [6.45, 7) is 6.54. The second kappa shape index (κ2) is 7.33. The van der Waals surface area contributed by atoms with E-state index in [1.54, 1.807) is 0 Å². The van der Waals surface area contributed by atoms with Crippen molar-refractivity contribution in [2.75, 3.05) is 0 Å². The van der Waals surface area contributed by atoms with E-state index in [0.29, 0.717) is 24.5 Å². The van der Waals surface area contributed by atoms with Crippen LogP contribution in [0.25, 0.3) is 0 Å². The Kier molecular flexibility index (Phi) is 5.39. The molecule has 0 aromatic rings. The molecule has 4 aliphatic rings. The Bertz CT molecular complexity index is 676. The van der Waals surface area contributed by atoms with Gasteiger partial charge in [0.25, 0.3) is 0 Å². The summed E-state index contributed by atoms with van der Waals surface area (Å²) in [6.07, 6.45) is 5.82. The molecule has 0 heterocycles. The van der Waals surface area contributed by atoms with Crippen LogP contribution in [0.2, 0.25) is 0 Å². The largest absolute Gasteiger partial charge is 0.481 e. The van der Waals surface area contributed by atoms with Crippen LogP contribution in [0, 0.1) is 46.3 Å². The molecule has 4 saturated carbocycles. The fourth-order valence-electron chi connectivity index (χ4n) is 8.41. The fraction of sp³-hybridized carbons (Fsp3) is 0.917.